The first kappa shape index (κ1) is 18.7. The van der Waals surface area contributed by atoms with Gasteiger partial charge in [-0.3, -0.25) is 4.79 Å². The van der Waals surface area contributed by atoms with Crippen LogP contribution in [0.15, 0.2) is 40.6 Å². The van der Waals surface area contributed by atoms with E-state index in [1.165, 1.54) is 11.3 Å². The smallest absolute Gasteiger partial charge is 0.220 e. The fourth-order valence-corrected chi connectivity index (χ4v) is 5.28. The normalized spacial score (nSPS) is 12.8. The molecule has 1 amide bonds. The largest absolute Gasteiger partial charge is 0.354 e. The molecule has 0 spiro atoms. The minimum atomic E-state index is -3.58. The van der Waals surface area contributed by atoms with Crippen molar-refractivity contribution in [1.82, 2.24) is 5.32 Å². The molecule has 0 aliphatic heterocycles. The Hall–Kier alpha value is -1.66. The summed E-state index contributed by atoms with van der Waals surface area (Å²) in [6, 6.07) is 8.81. The van der Waals surface area contributed by atoms with Crippen molar-refractivity contribution in [2.24, 2.45) is 0 Å². The molecule has 0 bridgehead atoms. The van der Waals surface area contributed by atoms with Gasteiger partial charge >= 0.3 is 0 Å². The number of nitrogens with one attached hydrogen (secondary N) is 1. The van der Waals surface area contributed by atoms with Gasteiger partial charge < -0.3 is 5.32 Å². The highest BCUT2D eigenvalue weighted by Crippen LogP contribution is 2.32. The molecule has 0 aliphatic carbocycles. The molecule has 6 heteroatoms. The fraction of sp³-hybridized carbons (Fsp3) is 0.389. The lowest BCUT2D eigenvalue weighted by Gasteiger charge is -2.18. The Kier molecular flexibility index (Phi) is 6.18. The van der Waals surface area contributed by atoms with Crippen molar-refractivity contribution in [1.29, 1.82) is 0 Å². The van der Waals surface area contributed by atoms with Crippen LogP contribution in [0.2, 0.25) is 0 Å². The molecule has 130 valence electrons. The third-order valence-corrected chi connectivity index (χ3v) is 7.22. The van der Waals surface area contributed by atoms with E-state index in [1.807, 2.05) is 38.3 Å². The van der Waals surface area contributed by atoms with E-state index in [0.717, 1.165) is 22.4 Å². The van der Waals surface area contributed by atoms with Crippen LogP contribution >= 0.6 is 11.3 Å². The Labute approximate surface area is 147 Å². The summed E-state index contributed by atoms with van der Waals surface area (Å²) in [5, 5.41) is 3.85. The minimum Gasteiger partial charge on any atom is -0.354 e. The second kappa shape index (κ2) is 7.94. The molecule has 24 heavy (non-hydrogen) atoms. The highest BCUT2D eigenvalue weighted by molar-refractivity contribution is 7.91. The fourth-order valence-electron chi connectivity index (χ4n) is 2.41. The van der Waals surface area contributed by atoms with Crippen LogP contribution < -0.4 is 5.32 Å². The predicted molar refractivity (Wildman–Crippen MR) is 98.1 cm³/mol. The van der Waals surface area contributed by atoms with E-state index in [2.05, 4.69) is 5.32 Å². The zero-order chi connectivity index (χ0) is 17.7. The molecule has 2 rings (SSSR count). The summed E-state index contributed by atoms with van der Waals surface area (Å²) >= 11 is 1.39. The molecule has 4 nitrogen and oxygen atoms in total. The molecule has 2 aromatic rings. The molecule has 1 aromatic carbocycles. The van der Waals surface area contributed by atoms with Gasteiger partial charge in [-0.05, 0) is 55.0 Å². The molecular weight excluding hydrogens is 342 g/mol. The summed E-state index contributed by atoms with van der Waals surface area (Å²) in [5.74, 6) is -0.116. The number of hydrogen-bond donors (Lipinski definition) is 1. The molecule has 0 radical (unpaired) electrons. The minimum absolute atomic E-state index is 0.0919. The van der Waals surface area contributed by atoms with Gasteiger partial charge in [-0.2, -0.15) is 0 Å². The maximum absolute atomic E-state index is 13.1. The quantitative estimate of drug-likeness (QED) is 0.812. The third kappa shape index (κ3) is 4.24. The number of rotatable bonds is 7. The Balaban J connectivity index is 2.34. The number of aryl methyl sites for hydroxylation is 2. The zero-order valence-corrected chi connectivity index (χ0v) is 15.8. The lowest BCUT2D eigenvalue weighted by molar-refractivity contribution is -0.121. The zero-order valence-electron chi connectivity index (χ0n) is 14.2. The van der Waals surface area contributed by atoms with Crippen molar-refractivity contribution in [2.75, 3.05) is 6.54 Å². The van der Waals surface area contributed by atoms with Crippen molar-refractivity contribution < 1.29 is 13.2 Å². The van der Waals surface area contributed by atoms with Crippen LogP contribution in [-0.2, 0) is 14.6 Å². The summed E-state index contributed by atoms with van der Waals surface area (Å²) in [4.78, 5) is 12.8. The van der Waals surface area contributed by atoms with Crippen LogP contribution in [0.5, 0.6) is 0 Å². The van der Waals surface area contributed by atoms with Gasteiger partial charge in [-0.1, -0.05) is 19.1 Å². The molecule has 1 aromatic heterocycles. The first-order valence-corrected chi connectivity index (χ1v) is 10.4. The molecule has 1 heterocycles. The molecule has 0 aliphatic rings. The topological polar surface area (TPSA) is 63.2 Å². The van der Waals surface area contributed by atoms with Crippen LogP contribution in [0, 0.1) is 13.8 Å². The molecule has 0 saturated carbocycles. The summed E-state index contributed by atoms with van der Waals surface area (Å²) < 4.78 is 26.2. The van der Waals surface area contributed by atoms with Gasteiger partial charge in [0.25, 0.3) is 0 Å². The van der Waals surface area contributed by atoms with E-state index in [0.29, 0.717) is 11.3 Å². The van der Waals surface area contributed by atoms with Crippen LogP contribution in [0.25, 0.3) is 0 Å². The number of benzene rings is 1. The van der Waals surface area contributed by atoms with Crippen molar-refractivity contribution in [2.45, 2.75) is 43.8 Å². The van der Waals surface area contributed by atoms with Crippen molar-refractivity contribution in [3.63, 3.8) is 0 Å². The lowest BCUT2D eigenvalue weighted by atomic mass is 10.1. The van der Waals surface area contributed by atoms with Crippen LogP contribution in [0.4, 0.5) is 0 Å². The van der Waals surface area contributed by atoms with Gasteiger partial charge in [0.15, 0.2) is 9.84 Å². The highest BCUT2D eigenvalue weighted by Gasteiger charge is 2.30. The molecule has 1 N–H and O–H groups in total. The molecule has 0 fully saturated rings. The van der Waals surface area contributed by atoms with Crippen LogP contribution in [0.1, 0.15) is 41.0 Å². The number of hydrogen-bond acceptors (Lipinski definition) is 4. The maximum Gasteiger partial charge on any atom is 0.220 e. The first-order chi connectivity index (χ1) is 11.4. The first-order valence-electron chi connectivity index (χ1n) is 7.97. The van der Waals surface area contributed by atoms with E-state index in [4.69, 9.17) is 0 Å². The average molecular weight is 366 g/mol. The number of amides is 1. The van der Waals surface area contributed by atoms with Gasteiger partial charge in [-0.15, -0.1) is 11.3 Å². The van der Waals surface area contributed by atoms with Crippen LogP contribution in [-0.4, -0.2) is 20.9 Å². The monoisotopic (exact) mass is 365 g/mol. The van der Waals surface area contributed by atoms with Crippen molar-refractivity contribution in [3.8, 4) is 0 Å². The second-order valence-corrected chi connectivity index (χ2v) is 8.96. The van der Waals surface area contributed by atoms with E-state index in [1.54, 1.807) is 18.2 Å². The Morgan fingerprint density at radius 1 is 1.21 bits per heavy atom. The van der Waals surface area contributed by atoms with Crippen molar-refractivity contribution >= 4 is 27.1 Å². The summed E-state index contributed by atoms with van der Waals surface area (Å²) in [6.07, 6.45) is 1.14. The number of sulfone groups is 1. The summed E-state index contributed by atoms with van der Waals surface area (Å²) in [6.45, 7) is 5.86. The molecular formula is C18H23NO3S2. The van der Waals surface area contributed by atoms with E-state index in [9.17, 15) is 13.2 Å². The van der Waals surface area contributed by atoms with E-state index >= 15 is 0 Å². The Morgan fingerprint density at radius 2 is 1.96 bits per heavy atom. The van der Waals surface area contributed by atoms with E-state index < -0.39 is 15.1 Å². The van der Waals surface area contributed by atoms with Gasteiger partial charge in [0.1, 0.15) is 5.25 Å². The van der Waals surface area contributed by atoms with Crippen LogP contribution in [0.3, 0.4) is 0 Å². The number of carbonyl (C=O) groups is 1. The standard InChI is InChI=1S/C18H23NO3S2/c1-4-6-18(20)19-12-17(16-7-5-10-23-16)24(21,22)15-9-8-13(2)14(3)11-15/h5,7-11,17H,4,6,12H2,1-3H3,(H,19,20)/t17-/m0/s1. The van der Waals surface area contributed by atoms with E-state index in [-0.39, 0.29) is 12.5 Å². The van der Waals surface area contributed by atoms with Gasteiger partial charge in [0.2, 0.25) is 5.91 Å². The predicted octanol–water partition coefficient (Wildman–Crippen LogP) is 3.80. The SMILES string of the molecule is CCCC(=O)NC[C@@H](c1cccs1)S(=O)(=O)c1ccc(C)c(C)c1. The lowest BCUT2D eigenvalue weighted by Crippen LogP contribution is -2.31. The summed E-state index contributed by atoms with van der Waals surface area (Å²) in [5.41, 5.74) is 1.99. The molecule has 1 atom stereocenters. The van der Waals surface area contributed by atoms with Gasteiger partial charge in [0, 0.05) is 17.8 Å². The average Bonchev–Trinajstić information content (AvgIpc) is 3.04. The Bertz CT molecular complexity index is 796. The Morgan fingerprint density at radius 3 is 2.54 bits per heavy atom. The third-order valence-electron chi connectivity index (χ3n) is 4.00. The molecule has 0 unspecified atom stereocenters. The highest BCUT2D eigenvalue weighted by atomic mass is 32.2. The van der Waals surface area contributed by atoms with Gasteiger partial charge in [-0.25, -0.2) is 8.42 Å². The molecule has 0 saturated heterocycles. The van der Waals surface area contributed by atoms with Gasteiger partial charge in [0.05, 0.1) is 4.90 Å². The number of thiophene rings is 1. The second-order valence-electron chi connectivity index (χ2n) is 5.85. The maximum atomic E-state index is 13.1. The number of carbonyl (C=O) groups excluding carboxylic acids is 1. The van der Waals surface area contributed by atoms with Crippen molar-refractivity contribution in [3.05, 3.63) is 51.7 Å². The summed E-state index contributed by atoms with van der Waals surface area (Å²) in [7, 11) is -3.58.